The summed E-state index contributed by atoms with van der Waals surface area (Å²) in [5, 5.41) is 0. The fourth-order valence-corrected chi connectivity index (χ4v) is 1.17. The van der Waals surface area contributed by atoms with Crippen LogP contribution in [-0.2, 0) is 4.74 Å². The molecule has 0 aromatic heterocycles. The second-order valence-electron chi connectivity index (χ2n) is 2.65. The Kier molecular flexibility index (Phi) is 15.0. The van der Waals surface area contributed by atoms with Crippen molar-refractivity contribution in [3.8, 4) is 0 Å². The van der Waals surface area contributed by atoms with E-state index in [4.69, 9.17) is 4.74 Å². The van der Waals surface area contributed by atoms with Gasteiger partial charge >= 0.3 is 0 Å². The van der Waals surface area contributed by atoms with Crippen LogP contribution in [-0.4, -0.2) is 13.5 Å². The highest BCUT2D eigenvalue weighted by Gasteiger charge is 2.07. The van der Waals surface area contributed by atoms with Crippen LogP contribution >= 0.6 is 0 Å². The molecule has 0 N–H and O–H groups in total. The molecule has 94 valence electrons. The summed E-state index contributed by atoms with van der Waals surface area (Å²) in [5.41, 5.74) is 1.23. The predicted octanol–water partition coefficient (Wildman–Crippen LogP) is 4.72. The molecule has 16 heavy (non-hydrogen) atoms. The van der Waals surface area contributed by atoms with Gasteiger partial charge < -0.3 is 4.74 Å². The van der Waals surface area contributed by atoms with E-state index < -0.39 is 6.93 Å². The molecule has 0 bridgehead atoms. The zero-order valence-corrected chi connectivity index (χ0v) is 10.4. The molecule has 0 aliphatic carbocycles. The lowest BCUT2D eigenvalue weighted by Gasteiger charge is -2.16. The first-order chi connectivity index (χ1) is 7.79. The topological polar surface area (TPSA) is 9.23 Å². The minimum Gasteiger partial charge on any atom is -0.493 e. The van der Waals surface area contributed by atoms with Crippen LogP contribution < -0.4 is 0 Å². The van der Waals surface area contributed by atoms with Crippen molar-refractivity contribution in [3.05, 3.63) is 36.1 Å². The number of rotatable bonds is 2. The summed E-state index contributed by atoms with van der Waals surface area (Å²) < 4.78 is 24.7. The fourth-order valence-electron chi connectivity index (χ4n) is 1.17. The molecule has 1 heterocycles. The van der Waals surface area contributed by atoms with E-state index in [1.165, 1.54) is 5.57 Å². The molecule has 0 fully saturated rings. The van der Waals surface area contributed by atoms with Gasteiger partial charge in [0.15, 0.2) is 0 Å². The summed E-state index contributed by atoms with van der Waals surface area (Å²) in [7, 11) is 0. The number of allylic oxidation sites excluding steroid dienone is 4. The molecule has 0 aromatic carbocycles. The van der Waals surface area contributed by atoms with Gasteiger partial charge in [0.25, 0.3) is 0 Å². The normalized spacial score (nSPS) is 14.3. The van der Waals surface area contributed by atoms with Crippen molar-refractivity contribution in [2.75, 3.05) is 13.5 Å². The molecule has 1 aliphatic rings. The molecule has 0 radical (unpaired) electrons. The quantitative estimate of drug-likeness (QED) is 0.669. The average molecular weight is 232 g/mol. The molecule has 0 spiro atoms. The van der Waals surface area contributed by atoms with Crippen molar-refractivity contribution in [2.24, 2.45) is 0 Å². The highest BCUT2D eigenvalue weighted by atomic mass is 19.3. The van der Waals surface area contributed by atoms with Crippen molar-refractivity contribution in [1.82, 2.24) is 0 Å². The van der Waals surface area contributed by atoms with Gasteiger partial charge in [-0.15, -0.1) is 0 Å². The van der Waals surface area contributed by atoms with Crippen molar-refractivity contribution in [3.63, 3.8) is 0 Å². The highest BCUT2D eigenvalue weighted by molar-refractivity contribution is 5.28. The van der Waals surface area contributed by atoms with Gasteiger partial charge in [-0.1, -0.05) is 32.6 Å². The molecule has 0 amide bonds. The number of alkyl halides is 2. The van der Waals surface area contributed by atoms with Crippen LogP contribution in [0.25, 0.3) is 0 Å². The average Bonchev–Trinajstić information content (AvgIpc) is 2.34. The van der Waals surface area contributed by atoms with Crippen molar-refractivity contribution < 1.29 is 13.5 Å². The smallest absolute Gasteiger partial charge is 0.229 e. The monoisotopic (exact) mass is 232 g/mol. The maximum atomic E-state index is 9.62. The molecular weight excluding hydrogens is 210 g/mol. The van der Waals surface area contributed by atoms with Gasteiger partial charge in [0.1, 0.15) is 5.76 Å². The van der Waals surface area contributed by atoms with Crippen molar-refractivity contribution >= 4 is 0 Å². The van der Waals surface area contributed by atoms with E-state index in [1.807, 2.05) is 39.0 Å². The summed E-state index contributed by atoms with van der Waals surface area (Å²) >= 11 is 0. The van der Waals surface area contributed by atoms with Gasteiger partial charge in [-0.25, -0.2) is 8.78 Å². The summed E-state index contributed by atoms with van der Waals surface area (Å²) in [6.07, 6.45) is 8.08. The largest absolute Gasteiger partial charge is 0.493 e. The van der Waals surface area contributed by atoms with Crippen molar-refractivity contribution in [1.29, 1.82) is 0 Å². The Morgan fingerprint density at radius 3 is 2.38 bits per heavy atom. The van der Waals surface area contributed by atoms with Crippen molar-refractivity contribution in [2.45, 2.75) is 33.6 Å². The van der Waals surface area contributed by atoms with E-state index in [0.717, 1.165) is 25.2 Å². The number of halogens is 2. The van der Waals surface area contributed by atoms with Gasteiger partial charge in [-0.3, -0.25) is 0 Å². The van der Waals surface area contributed by atoms with Gasteiger partial charge in [0.2, 0.25) is 6.93 Å². The predicted molar refractivity (Wildman–Crippen MR) is 65.7 cm³/mol. The van der Waals surface area contributed by atoms with E-state index in [1.54, 1.807) is 0 Å². The first-order valence-electron chi connectivity index (χ1n) is 5.53. The molecule has 3 heteroatoms. The molecule has 1 nitrogen and oxygen atoms in total. The lowest BCUT2D eigenvalue weighted by atomic mass is 10.1. The Balaban J connectivity index is 0. The SMILES string of the molecule is C=CC1=C(/C=C\C)OCCC1.CC.FCF. The van der Waals surface area contributed by atoms with Crippen LogP contribution in [0.1, 0.15) is 33.6 Å². The number of hydrogen-bond acceptors (Lipinski definition) is 1. The standard InChI is InChI=1S/C10H14O.C2H6.CH2F2/c1-3-6-10-9(4-2)7-5-8-11-10;1-2;2-1-3/h3-4,6H,2,5,7-8H2,1H3;1-2H3;1H2/b6-3-;;. The Bertz CT molecular complexity index is 220. The van der Waals surface area contributed by atoms with Crippen LogP contribution in [0, 0.1) is 0 Å². The maximum Gasteiger partial charge on any atom is 0.229 e. The van der Waals surface area contributed by atoms with E-state index in [9.17, 15) is 8.78 Å². The van der Waals surface area contributed by atoms with Crippen LogP contribution in [0.15, 0.2) is 36.1 Å². The number of hydrogen-bond donors (Lipinski definition) is 0. The third-order valence-electron chi connectivity index (χ3n) is 1.73. The molecule has 0 saturated heterocycles. The van der Waals surface area contributed by atoms with E-state index in [-0.39, 0.29) is 0 Å². The molecular formula is C13H22F2O. The van der Waals surface area contributed by atoms with Gasteiger partial charge in [0.05, 0.1) is 6.61 Å². The van der Waals surface area contributed by atoms with Crippen LogP contribution in [0.5, 0.6) is 0 Å². The van der Waals surface area contributed by atoms with E-state index in [0.29, 0.717) is 0 Å². The number of ether oxygens (including phenoxy) is 1. The Morgan fingerprint density at radius 2 is 1.94 bits per heavy atom. The first kappa shape index (κ1) is 17.3. The summed E-state index contributed by atoms with van der Waals surface area (Å²) in [4.78, 5) is 0. The maximum absolute atomic E-state index is 9.62. The van der Waals surface area contributed by atoms with Gasteiger partial charge in [0, 0.05) is 0 Å². The third-order valence-corrected chi connectivity index (χ3v) is 1.73. The Labute approximate surface area is 97.5 Å². The first-order valence-corrected chi connectivity index (χ1v) is 5.53. The van der Waals surface area contributed by atoms with Crippen LogP contribution in [0.4, 0.5) is 8.78 Å². The molecule has 0 saturated carbocycles. The van der Waals surface area contributed by atoms with Crippen LogP contribution in [0.2, 0.25) is 0 Å². The zero-order valence-electron chi connectivity index (χ0n) is 10.4. The second kappa shape index (κ2) is 13.9. The molecule has 0 atom stereocenters. The van der Waals surface area contributed by atoms with Crippen LogP contribution in [0.3, 0.4) is 0 Å². The highest BCUT2D eigenvalue weighted by Crippen LogP contribution is 2.20. The molecule has 1 rings (SSSR count). The second-order valence-corrected chi connectivity index (χ2v) is 2.65. The minimum absolute atomic E-state index is 0.844. The zero-order chi connectivity index (χ0) is 12.8. The van der Waals surface area contributed by atoms with E-state index in [2.05, 4.69) is 6.58 Å². The molecule has 1 aliphatic heterocycles. The summed E-state index contributed by atoms with van der Waals surface area (Å²) in [6.45, 7) is 8.83. The van der Waals surface area contributed by atoms with Gasteiger partial charge in [-0.2, -0.15) is 0 Å². The molecule has 0 aromatic rings. The third kappa shape index (κ3) is 8.21. The minimum atomic E-state index is -1.75. The lowest BCUT2D eigenvalue weighted by molar-refractivity contribution is 0.201. The van der Waals surface area contributed by atoms with Gasteiger partial charge in [-0.05, 0) is 31.4 Å². The molecule has 0 unspecified atom stereocenters. The van der Waals surface area contributed by atoms with E-state index >= 15 is 0 Å². The fraction of sp³-hybridized carbons (Fsp3) is 0.538. The Hall–Kier alpha value is -1.12. The lowest BCUT2D eigenvalue weighted by Crippen LogP contribution is -2.03. The summed E-state index contributed by atoms with van der Waals surface area (Å²) in [6, 6.07) is 0. The summed E-state index contributed by atoms with van der Waals surface area (Å²) in [5.74, 6) is 0.994. The Morgan fingerprint density at radius 1 is 1.38 bits per heavy atom.